The average Bonchev–Trinajstić information content (AvgIpc) is 2.84. The van der Waals surface area contributed by atoms with Gasteiger partial charge in [0.25, 0.3) is 0 Å². The minimum absolute atomic E-state index is 0.234. The Morgan fingerprint density at radius 3 is 2.52 bits per heavy atom. The molecule has 0 saturated carbocycles. The number of nitrogens with two attached hydrogens (primary N) is 1. The molecule has 2 aromatic rings. The number of benzene rings is 2. The first-order valence-corrected chi connectivity index (χ1v) is 7.72. The number of hydrogen-bond acceptors (Lipinski definition) is 2. The third kappa shape index (κ3) is 3.17. The molecule has 2 N–H and O–H groups in total. The highest BCUT2D eigenvalue weighted by Gasteiger charge is 2.31. The summed E-state index contributed by atoms with van der Waals surface area (Å²) in [6.45, 7) is 7.38. The summed E-state index contributed by atoms with van der Waals surface area (Å²) in [5.74, 6) is 0.456. The smallest absolute Gasteiger partial charge is 0.0250 e. The lowest BCUT2D eigenvalue weighted by Crippen LogP contribution is -2.28. The molecule has 2 atom stereocenters. The van der Waals surface area contributed by atoms with Crippen LogP contribution in [0, 0.1) is 13.8 Å². The molecule has 110 valence electrons. The topological polar surface area (TPSA) is 29.3 Å². The normalized spacial score (nSPS) is 22.6. The van der Waals surface area contributed by atoms with Crippen LogP contribution in [-0.4, -0.2) is 24.0 Å². The molecule has 2 heteroatoms. The summed E-state index contributed by atoms with van der Waals surface area (Å²) in [7, 11) is 0. The second-order valence-corrected chi connectivity index (χ2v) is 6.31. The van der Waals surface area contributed by atoms with Crippen molar-refractivity contribution in [2.75, 3.05) is 13.1 Å². The van der Waals surface area contributed by atoms with Crippen LogP contribution in [-0.2, 0) is 6.54 Å². The fourth-order valence-corrected chi connectivity index (χ4v) is 3.36. The summed E-state index contributed by atoms with van der Waals surface area (Å²) >= 11 is 0. The van der Waals surface area contributed by atoms with Crippen LogP contribution >= 0.6 is 0 Å². The second kappa shape index (κ2) is 6.00. The fourth-order valence-electron chi connectivity index (χ4n) is 3.36. The highest BCUT2D eigenvalue weighted by atomic mass is 15.2. The van der Waals surface area contributed by atoms with Gasteiger partial charge in [-0.15, -0.1) is 0 Å². The van der Waals surface area contributed by atoms with Crippen LogP contribution in [0.3, 0.4) is 0 Å². The van der Waals surface area contributed by atoms with E-state index in [-0.39, 0.29) is 6.04 Å². The maximum atomic E-state index is 6.38. The van der Waals surface area contributed by atoms with Gasteiger partial charge in [-0.05, 0) is 30.5 Å². The first-order valence-electron chi connectivity index (χ1n) is 7.72. The first kappa shape index (κ1) is 14.3. The van der Waals surface area contributed by atoms with Gasteiger partial charge in [0.15, 0.2) is 0 Å². The van der Waals surface area contributed by atoms with Crippen LogP contribution in [0.25, 0.3) is 0 Å². The predicted molar refractivity (Wildman–Crippen MR) is 88.4 cm³/mol. The van der Waals surface area contributed by atoms with Crippen LogP contribution < -0.4 is 5.73 Å². The number of nitrogens with zero attached hydrogens (tertiary/aromatic N) is 1. The van der Waals surface area contributed by atoms with Crippen LogP contribution in [0.1, 0.15) is 28.2 Å². The van der Waals surface area contributed by atoms with Gasteiger partial charge in [0.1, 0.15) is 0 Å². The van der Waals surface area contributed by atoms with E-state index >= 15 is 0 Å². The van der Waals surface area contributed by atoms with Gasteiger partial charge in [0.05, 0.1) is 0 Å². The van der Waals surface area contributed by atoms with E-state index in [2.05, 4.69) is 67.3 Å². The number of rotatable bonds is 3. The summed E-state index contributed by atoms with van der Waals surface area (Å²) < 4.78 is 0. The number of likely N-dealkylation sites (tertiary alicyclic amines) is 1. The largest absolute Gasteiger partial charge is 0.326 e. The third-order valence-corrected chi connectivity index (χ3v) is 4.56. The van der Waals surface area contributed by atoms with Crippen molar-refractivity contribution < 1.29 is 0 Å². The van der Waals surface area contributed by atoms with E-state index in [1.165, 1.54) is 22.3 Å². The van der Waals surface area contributed by atoms with Gasteiger partial charge in [-0.25, -0.2) is 0 Å². The number of aryl methyl sites for hydroxylation is 2. The summed E-state index contributed by atoms with van der Waals surface area (Å²) in [5.41, 5.74) is 11.9. The zero-order valence-corrected chi connectivity index (χ0v) is 12.9. The van der Waals surface area contributed by atoms with E-state index in [0.29, 0.717) is 5.92 Å². The Morgan fingerprint density at radius 1 is 1.05 bits per heavy atom. The van der Waals surface area contributed by atoms with Gasteiger partial charge in [-0.1, -0.05) is 54.1 Å². The second-order valence-electron chi connectivity index (χ2n) is 6.31. The van der Waals surface area contributed by atoms with Crippen molar-refractivity contribution in [3.8, 4) is 0 Å². The van der Waals surface area contributed by atoms with Gasteiger partial charge < -0.3 is 5.73 Å². The Hall–Kier alpha value is -1.64. The maximum Gasteiger partial charge on any atom is 0.0250 e. The Morgan fingerprint density at radius 2 is 1.81 bits per heavy atom. The van der Waals surface area contributed by atoms with Crippen molar-refractivity contribution in [3.63, 3.8) is 0 Å². The lowest BCUT2D eigenvalue weighted by molar-refractivity contribution is 0.323. The molecule has 0 spiro atoms. The van der Waals surface area contributed by atoms with E-state index < -0.39 is 0 Å². The Labute approximate surface area is 127 Å². The van der Waals surface area contributed by atoms with Crippen LogP contribution in [0.5, 0.6) is 0 Å². The molecular formula is C19H24N2. The van der Waals surface area contributed by atoms with Crippen molar-refractivity contribution in [2.24, 2.45) is 5.73 Å². The monoisotopic (exact) mass is 280 g/mol. The molecule has 0 amide bonds. The molecule has 0 aliphatic carbocycles. The van der Waals surface area contributed by atoms with Crippen molar-refractivity contribution in [2.45, 2.75) is 32.4 Å². The zero-order valence-electron chi connectivity index (χ0n) is 12.9. The summed E-state index contributed by atoms with van der Waals surface area (Å²) in [6.07, 6.45) is 0. The van der Waals surface area contributed by atoms with Gasteiger partial charge in [0.2, 0.25) is 0 Å². The molecule has 1 saturated heterocycles. The lowest BCUT2D eigenvalue weighted by Gasteiger charge is -2.17. The zero-order chi connectivity index (χ0) is 14.8. The van der Waals surface area contributed by atoms with Crippen LogP contribution in [0.4, 0.5) is 0 Å². The molecule has 0 unspecified atom stereocenters. The molecule has 1 aliphatic rings. The van der Waals surface area contributed by atoms with Crippen molar-refractivity contribution in [1.82, 2.24) is 4.90 Å². The van der Waals surface area contributed by atoms with E-state index in [0.717, 1.165) is 19.6 Å². The molecule has 1 heterocycles. The van der Waals surface area contributed by atoms with Crippen LogP contribution in [0.15, 0.2) is 48.5 Å². The molecule has 1 aliphatic heterocycles. The molecule has 21 heavy (non-hydrogen) atoms. The summed E-state index contributed by atoms with van der Waals surface area (Å²) in [5, 5.41) is 0. The Kier molecular flexibility index (Phi) is 4.09. The third-order valence-electron chi connectivity index (χ3n) is 4.56. The highest BCUT2D eigenvalue weighted by molar-refractivity contribution is 5.31. The minimum Gasteiger partial charge on any atom is -0.326 e. The standard InChI is InChI=1S/C19H24N2/c1-14-8-9-17(15(2)10-14)11-21-12-18(19(20)13-21)16-6-4-3-5-7-16/h3-10,18-19H,11-13,20H2,1-2H3/t18-,19+/m0/s1. The highest BCUT2D eigenvalue weighted by Crippen LogP contribution is 2.27. The molecule has 2 aromatic carbocycles. The number of hydrogen-bond donors (Lipinski definition) is 1. The first-order chi connectivity index (χ1) is 10.1. The molecule has 2 nitrogen and oxygen atoms in total. The maximum absolute atomic E-state index is 6.38. The quantitative estimate of drug-likeness (QED) is 0.935. The lowest BCUT2D eigenvalue weighted by atomic mass is 9.95. The predicted octanol–water partition coefficient (Wildman–Crippen LogP) is 3.23. The van der Waals surface area contributed by atoms with Gasteiger partial charge >= 0.3 is 0 Å². The Balaban J connectivity index is 1.71. The van der Waals surface area contributed by atoms with E-state index in [4.69, 9.17) is 5.73 Å². The Bertz CT molecular complexity index is 606. The van der Waals surface area contributed by atoms with Crippen molar-refractivity contribution >= 4 is 0 Å². The molecule has 3 rings (SSSR count). The van der Waals surface area contributed by atoms with E-state index in [1.807, 2.05) is 0 Å². The molecule has 0 radical (unpaired) electrons. The summed E-state index contributed by atoms with van der Waals surface area (Å²) in [6, 6.07) is 17.6. The van der Waals surface area contributed by atoms with Crippen molar-refractivity contribution in [3.05, 3.63) is 70.8 Å². The van der Waals surface area contributed by atoms with Crippen molar-refractivity contribution in [1.29, 1.82) is 0 Å². The van der Waals surface area contributed by atoms with Crippen LogP contribution in [0.2, 0.25) is 0 Å². The van der Waals surface area contributed by atoms with E-state index in [1.54, 1.807) is 0 Å². The SMILES string of the molecule is Cc1ccc(CN2C[C@@H](N)[C@H](c3ccccc3)C2)c(C)c1. The fraction of sp³-hybridized carbons (Fsp3) is 0.368. The average molecular weight is 280 g/mol. The molecule has 0 aromatic heterocycles. The van der Waals surface area contributed by atoms with Gasteiger partial charge in [-0.3, -0.25) is 4.90 Å². The minimum atomic E-state index is 0.234. The van der Waals surface area contributed by atoms with Gasteiger partial charge in [0, 0.05) is 31.6 Å². The van der Waals surface area contributed by atoms with E-state index in [9.17, 15) is 0 Å². The molecular weight excluding hydrogens is 256 g/mol. The molecule has 0 bridgehead atoms. The molecule has 1 fully saturated rings. The van der Waals surface area contributed by atoms with Gasteiger partial charge in [-0.2, -0.15) is 0 Å². The summed E-state index contributed by atoms with van der Waals surface area (Å²) in [4.78, 5) is 2.49.